The van der Waals surface area contributed by atoms with E-state index in [0.29, 0.717) is 0 Å². The number of aliphatic hydroxyl groups excluding tert-OH is 1. The molecule has 2 rings (SSSR count). The van der Waals surface area contributed by atoms with Crippen LogP contribution in [0.4, 0.5) is 11.4 Å². The molecule has 0 radical (unpaired) electrons. The Morgan fingerprint density at radius 3 is 3.07 bits per heavy atom. The van der Waals surface area contributed by atoms with Crippen LogP contribution in [0.2, 0.25) is 0 Å². The van der Waals surface area contributed by atoms with Crippen molar-refractivity contribution < 1.29 is 10.0 Å². The van der Waals surface area contributed by atoms with Gasteiger partial charge >= 0.3 is 0 Å². The molecule has 0 amide bonds. The minimum absolute atomic E-state index is 0.0685. The van der Waals surface area contributed by atoms with Gasteiger partial charge in [0.25, 0.3) is 5.69 Å². The van der Waals surface area contributed by atoms with Gasteiger partial charge in [0, 0.05) is 23.9 Å². The van der Waals surface area contributed by atoms with Gasteiger partial charge in [-0.3, -0.25) is 10.1 Å². The number of hydrogen-bond donors (Lipinski definition) is 2. The van der Waals surface area contributed by atoms with Crippen LogP contribution in [0.25, 0.3) is 0 Å². The molecule has 1 aromatic carbocycles. The highest BCUT2D eigenvalue weighted by atomic mass is 16.6. The monoisotopic (exact) mass is 208 g/mol. The normalized spacial score (nSPS) is 19.1. The smallest absolute Gasteiger partial charge is 0.269 e. The van der Waals surface area contributed by atoms with Gasteiger partial charge in [0.05, 0.1) is 11.5 Å². The van der Waals surface area contributed by atoms with Gasteiger partial charge in [-0.1, -0.05) is 0 Å². The molecule has 5 heteroatoms. The Hall–Kier alpha value is -1.62. The minimum Gasteiger partial charge on any atom is -0.394 e. The molecule has 0 fully saturated rings. The van der Waals surface area contributed by atoms with Crippen molar-refractivity contribution in [1.82, 2.24) is 0 Å². The summed E-state index contributed by atoms with van der Waals surface area (Å²) >= 11 is 0. The number of fused-ring (bicyclic) bond motifs is 1. The molecule has 0 saturated heterocycles. The molecule has 1 unspecified atom stereocenters. The number of non-ortho nitro benzene ring substituents is 1. The van der Waals surface area contributed by atoms with Crippen LogP contribution in [0, 0.1) is 10.1 Å². The van der Waals surface area contributed by atoms with Gasteiger partial charge in [0.2, 0.25) is 0 Å². The van der Waals surface area contributed by atoms with Gasteiger partial charge in [-0.25, -0.2) is 0 Å². The lowest BCUT2D eigenvalue weighted by Crippen LogP contribution is -2.28. The zero-order chi connectivity index (χ0) is 10.8. The molecule has 1 aliphatic heterocycles. The van der Waals surface area contributed by atoms with E-state index in [2.05, 4.69) is 5.32 Å². The van der Waals surface area contributed by atoms with E-state index in [4.69, 9.17) is 5.11 Å². The van der Waals surface area contributed by atoms with Crippen molar-refractivity contribution >= 4 is 11.4 Å². The molecule has 80 valence electrons. The van der Waals surface area contributed by atoms with Crippen molar-refractivity contribution in [2.24, 2.45) is 0 Å². The Balaban J connectivity index is 2.28. The quantitative estimate of drug-likeness (QED) is 0.567. The molecule has 1 aromatic rings. The molecule has 1 heterocycles. The number of rotatable bonds is 2. The molecular weight excluding hydrogens is 196 g/mol. The highest BCUT2D eigenvalue weighted by molar-refractivity contribution is 5.58. The van der Waals surface area contributed by atoms with Crippen molar-refractivity contribution in [3.8, 4) is 0 Å². The predicted octanol–water partition coefficient (Wildman–Crippen LogP) is 1.31. The summed E-state index contributed by atoms with van der Waals surface area (Å²) in [6, 6.07) is 4.84. The van der Waals surface area contributed by atoms with E-state index in [0.717, 1.165) is 24.1 Å². The topological polar surface area (TPSA) is 75.4 Å². The molecule has 2 N–H and O–H groups in total. The summed E-state index contributed by atoms with van der Waals surface area (Å²) in [5.74, 6) is 0. The zero-order valence-corrected chi connectivity index (χ0v) is 8.14. The van der Waals surface area contributed by atoms with Gasteiger partial charge in [-0.2, -0.15) is 0 Å². The average molecular weight is 208 g/mol. The van der Waals surface area contributed by atoms with Crippen molar-refractivity contribution in [2.75, 3.05) is 11.9 Å². The van der Waals surface area contributed by atoms with Gasteiger partial charge in [0.1, 0.15) is 0 Å². The number of hydrogen-bond acceptors (Lipinski definition) is 4. The summed E-state index contributed by atoms with van der Waals surface area (Å²) in [7, 11) is 0. The Kier molecular flexibility index (Phi) is 2.55. The molecule has 0 spiro atoms. The Labute approximate surface area is 86.9 Å². The summed E-state index contributed by atoms with van der Waals surface area (Å²) in [6.07, 6.45) is 1.58. The van der Waals surface area contributed by atoms with Gasteiger partial charge in [-0.15, -0.1) is 0 Å². The van der Waals surface area contributed by atoms with Crippen LogP contribution in [0.5, 0.6) is 0 Å². The van der Waals surface area contributed by atoms with Crippen LogP contribution in [-0.2, 0) is 6.42 Å². The van der Waals surface area contributed by atoms with E-state index in [1.807, 2.05) is 0 Å². The Morgan fingerprint density at radius 1 is 1.60 bits per heavy atom. The van der Waals surface area contributed by atoms with Crippen LogP contribution in [-0.4, -0.2) is 22.7 Å². The van der Waals surface area contributed by atoms with Crippen molar-refractivity contribution in [3.05, 3.63) is 33.9 Å². The lowest BCUT2D eigenvalue weighted by molar-refractivity contribution is -0.384. The molecule has 1 aliphatic rings. The first-order chi connectivity index (χ1) is 7.20. The van der Waals surface area contributed by atoms with Gasteiger partial charge in [0.15, 0.2) is 0 Å². The highest BCUT2D eigenvalue weighted by Crippen LogP contribution is 2.28. The summed E-state index contributed by atoms with van der Waals surface area (Å²) in [4.78, 5) is 10.2. The predicted molar refractivity (Wildman–Crippen MR) is 55.9 cm³/mol. The molecule has 15 heavy (non-hydrogen) atoms. The number of anilines is 1. The third-order valence-corrected chi connectivity index (χ3v) is 2.64. The fourth-order valence-corrected chi connectivity index (χ4v) is 1.80. The van der Waals surface area contributed by atoms with E-state index >= 15 is 0 Å². The first kappa shape index (κ1) is 9.92. The Morgan fingerprint density at radius 2 is 2.40 bits per heavy atom. The number of aryl methyl sites for hydroxylation is 1. The third kappa shape index (κ3) is 1.92. The highest BCUT2D eigenvalue weighted by Gasteiger charge is 2.19. The van der Waals surface area contributed by atoms with E-state index in [9.17, 15) is 10.1 Å². The number of nitrogens with one attached hydrogen (secondary N) is 1. The van der Waals surface area contributed by atoms with Crippen LogP contribution < -0.4 is 5.32 Å². The van der Waals surface area contributed by atoms with Crippen LogP contribution in [0.1, 0.15) is 12.0 Å². The van der Waals surface area contributed by atoms with E-state index in [-0.39, 0.29) is 18.3 Å². The third-order valence-electron chi connectivity index (χ3n) is 2.64. The number of benzene rings is 1. The first-order valence-corrected chi connectivity index (χ1v) is 4.85. The lowest BCUT2D eigenvalue weighted by atomic mass is 9.98. The minimum atomic E-state index is -0.390. The van der Waals surface area contributed by atoms with Gasteiger partial charge < -0.3 is 10.4 Å². The number of nitro groups is 1. The molecule has 1 atom stereocenters. The fraction of sp³-hybridized carbons (Fsp3) is 0.400. The zero-order valence-electron chi connectivity index (χ0n) is 8.14. The molecular formula is C10H12N2O3. The maximum Gasteiger partial charge on any atom is 0.269 e. The van der Waals surface area contributed by atoms with Crippen LogP contribution in [0.15, 0.2) is 18.2 Å². The Bertz CT molecular complexity index is 392. The SMILES string of the molecule is O=[N+]([O-])c1ccc2c(c1)CCC(CO)N2. The maximum absolute atomic E-state index is 10.6. The van der Waals surface area contributed by atoms with Gasteiger partial charge in [-0.05, 0) is 24.5 Å². The molecule has 0 aliphatic carbocycles. The average Bonchev–Trinajstić information content (AvgIpc) is 2.27. The molecule has 5 nitrogen and oxygen atoms in total. The lowest BCUT2D eigenvalue weighted by Gasteiger charge is -2.25. The second-order valence-electron chi connectivity index (χ2n) is 3.66. The van der Waals surface area contributed by atoms with Crippen molar-refractivity contribution in [3.63, 3.8) is 0 Å². The first-order valence-electron chi connectivity index (χ1n) is 4.85. The van der Waals surface area contributed by atoms with Crippen LogP contribution in [0.3, 0.4) is 0 Å². The molecule has 0 aromatic heterocycles. The molecule has 0 saturated carbocycles. The van der Waals surface area contributed by atoms with E-state index in [1.165, 1.54) is 6.07 Å². The number of nitrogens with zero attached hydrogens (tertiary/aromatic N) is 1. The van der Waals surface area contributed by atoms with E-state index < -0.39 is 4.92 Å². The number of nitro benzene ring substituents is 1. The summed E-state index contributed by atoms with van der Waals surface area (Å²) < 4.78 is 0. The standard InChI is InChI=1S/C10H12N2O3/c13-6-8-2-1-7-5-9(12(14)15)3-4-10(7)11-8/h3-5,8,11,13H,1-2,6H2. The van der Waals surface area contributed by atoms with Crippen molar-refractivity contribution in [2.45, 2.75) is 18.9 Å². The summed E-state index contributed by atoms with van der Waals surface area (Å²) in [5, 5.41) is 22.7. The van der Waals surface area contributed by atoms with E-state index in [1.54, 1.807) is 12.1 Å². The number of aliphatic hydroxyl groups is 1. The fourth-order valence-electron chi connectivity index (χ4n) is 1.80. The maximum atomic E-state index is 10.6. The second kappa shape index (κ2) is 3.86. The summed E-state index contributed by atoms with van der Waals surface area (Å²) in [5.41, 5.74) is 1.97. The van der Waals surface area contributed by atoms with Crippen LogP contribution >= 0.6 is 0 Å². The largest absolute Gasteiger partial charge is 0.394 e. The summed E-state index contributed by atoms with van der Waals surface area (Å²) in [6.45, 7) is 0.0937. The van der Waals surface area contributed by atoms with Crippen molar-refractivity contribution in [1.29, 1.82) is 0 Å². The molecule has 0 bridgehead atoms. The second-order valence-corrected chi connectivity index (χ2v) is 3.66.